The van der Waals surface area contributed by atoms with E-state index in [2.05, 4.69) is 15.9 Å². The number of halogens is 2. The van der Waals surface area contributed by atoms with E-state index >= 15 is 0 Å². The highest BCUT2D eigenvalue weighted by Gasteiger charge is 2.01. The van der Waals surface area contributed by atoms with Crippen molar-refractivity contribution >= 4 is 15.9 Å². The summed E-state index contributed by atoms with van der Waals surface area (Å²) in [6, 6.07) is 12.1. The fourth-order valence-corrected chi connectivity index (χ4v) is 1.84. The van der Waals surface area contributed by atoms with E-state index in [0.717, 1.165) is 15.8 Å². The molecule has 0 bridgehead atoms. The fraction of sp³-hybridized carbons (Fsp3) is 0.200. The molecule has 0 amide bonds. The molecule has 0 aliphatic heterocycles. The molecule has 0 radical (unpaired) electrons. The summed E-state index contributed by atoms with van der Waals surface area (Å²) in [5.74, 6) is 1.04. The molecular formula is C15H14BrFO2. The summed E-state index contributed by atoms with van der Waals surface area (Å²) in [6.45, 7) is 2.67. The van der Waals surface area contributed by atoms with Crippen LogP contribution in [-0.4, -0.2) is 13.2 Å². The van der Waals surface area contributed by atoms with Crippen molar-refractivity contribution in [3.63, 3.8) is 0 Å². The van der Waals surface area contributed by atoms with Crippen LogP contribution in [0.25, 0.3) is 0 Å². The molecule has 0 unspecified atom stereocenters. The van der Waals surface area contributed by atoms with E-state index in [0.29, 0.717) is 19.0 Å². The Morgan fingerprint density at radius 3 is 2.42 bits per heavy atom. The van der Waals surface area contributed by atoms with Crippen molar-refractivity contribution in [2.24, 2.45) is 0 Å². The van der Waals surface area contributed by atoms with Crippen LogP contribution in [0.2, 0.25) is 0 Å². The van der Waals surface area contributed by atoms with E-state index in [-0.39, 0.29) is 5.82 Å². The van der Waals surface area contributed by atoms with Crippen LogP contribution in [0.5, 0.6) is 11.5 Å². The Balaban J connectivity index is 1.80. The molecule has 0 fully saturated rings. The highest BCUT2D eigenvalue weighted by atomic mass is 79.9. The van der Waals surface area contributed by atoms with Gasteiger partial charge in [-0.3, -0.25) is 0 Å². The average Bonchev–Trinajstić information content (AvgIpc) is 2.40. The molecule has 100 valence electrons. The zero-order chi connectivity index (χ0) is 13.7. The Bertz CT molecular complexity index is 540. The first-order valence-electron chi connectivity index (χ1n) is 5.92. The van der Waals surface area contributed by atoms with Crippen LogP contribution in [0.15, 0.2) is 46.9 Å². The minimum absolute atomic E-state index is 0.297. The van der Waals surface area contributed by atoms with E-state index in [1.54, 1.807) is 6.07 Å². The molecule has 2 aromatic carbocycles. The van der Waals surface area contributed by atoms with Crippen LogP contribution < -0.4 is 9.47 Å². The lowest BCUT2D eigenvalue weighted by Crippen LogP contribution is -2.09. The third-order valence-electron chi connectivity index (χ3n) is 2.57. The van der Waals surface area contributed by atoms with Gasteiger partial charge in [0.2, 0.25) is 0 Å². The maximum absolute atomic E-state index is 13.0. The van der Waals surface area contributed by atoms with Gasteiger partial charge in [-0.1, -0.05) is 22.0 Å². The zero-order valence-corrected chi connectivity index (χ0v) is 12.1. The highest BCUT2D eigenvalue weighted by molar-refractivity contribution is 9.10. The normalized spacial score (nSPS) is 10.3. The number of hydrogen-bond acceptors (Lipinski definition) is 2. The Hall–Kier alpha value is -1.55. The van der Waals surface area contributed by atoms with E-state index < -0.39 is 0 Å². The van der Waals surface area contributed by atoms with E-state index in [1.165, 1.54) is 12.1 Å². The van der Waals surface area contributed by atoms with Crippen molar-refractivity contribution in [3.8, 4) is 11.5 Å². The second-order valence-electron chi connectivity index (χ2n) is 4.06. The van der Waals surface area contributed by atoms with Crippen LogP contribution in [-0.2, 0) is 0 Å². The predicted octanol–water partition coefficient (Wildman–Crippen LogP) is 4.35. The van der Waals surface area contributed by atoms with E-state index in [9.17, 15) is 4.39 Å². The third kappa shape index (κ3) is 4.24. The molecule has 0 aliphatic rings. The number of benzene rings is 2. The lowest BCUT2D eigenvalue weighted by Gasteiger charge is -2.10. The van der Waals surface area contributed by atoms with Gasteiger partial charge in [-0.05, 0) is 42.8 Å². The van der Waals surface area contributed by atoms with Crippen LogP contribution in [0.3, 0.4) is 0 Å². The summed E-state index contributed by atoms with van der Waals surface area (Å²) in [7, 11) is 0. The van der Waals surface area contributed by atoms with Crippen LogP contribution in [0, 0.1) is 12.7 Å². The molecule has 0 saturated carbocycles. The van der Waals surface area contributed by atoms with Crippen molar-refractivity contribution in [1.82, 2.24) is 0 Å². The quantitative estimate of drug-likeness (QED) is 0.761. The van der Waals surface area contributed by atoms with Gasteiger partial charge < -0.3 is 9.47 Å². The SMILES string of the molecule is Cc1ccc(F)cc1OCCOc1ccc(Br)cc1. The minimum atomic E-state index is -0.297. The molecule has 0 saturated heterocycles. The smallest absolute Gasteiger partial charge is 0.126 e. The fourth-order valence-electron chi connectivity index (χ4n) is 1.57. The molecule has 0 heterocycles. The Kier molecular flexibility index (Phi) is 4.80. The van der Waals surface area contributed by atoms with Crippen LogP contribution in [0.1, 0.15) is 5.56 Å². The summed E-state index contributed by atoms with van der Waals surface area (Å²) < 4.78 is 25.1. The number of ether oxygens (including phenoxy) is 2. The molecule has 2 rings (SSSR count). The lowest BCUT2D eigenvalue weighted by molar-refractivity contribution is 0.216. The summed E-state index contributed by atoms with van der Waals surface area (Å²) in [5, 5.41) is 0. The molecular weight excluding hydrogens is 311 g/mol. The van der Waals surface area contributed by atoms with Crippen molar-refractivity contribution in [1.29, 1.82) is 0 Å². The monoisotopic (exact) mass is 324 g/mol. The van der Waals surface area contributed by atoms with Crippen molar-refractivity contribution < 1.29 is 13.9 Å². The zero-order valence-electron chi connectivity index (χ0n) is 10.5. The molecule has 19 heavy (non-hydrogen) atoms. The van der Waals surface area contributed by atoms with Gasteiger partial charge in [0.05, 0.1) is 0 Å². The van der Waals surface area contributed by atoms with Gasteiger partial charge in [0.25, 0.3) is 0 Å². The minimum Gasteiger partial charge on any atom is -0.490 e. The maximum Gasteiger partial charge on any atom is 0.126 e. The number of rotatable bonds is 5. The van der Waals surface area contributed by atoms with Crippen molar-refractivity contribution in [2.75, 3.05) is 13.2 Å². The maximum atomic E-state index is 13.0. The molecule has 0 atom stereocenters. The second kappa shape index (κ2) is 6.57. The van der Waals surface area contributed by atoms with Crippen molar-refractivity contribution in [3.05, 3.63) is 58.3 Å². The summed E-state index contributed by atoms with van der Waals surface area (Å²) in [5.41, 5.74) is 0.907. The first-order chi connectivity index (χ1) is 9.15. The molecule has 0 spiro atoms. The first-order valence-corrected chi connectivity index (χ1v) is 6.72. The first kappa shape index (κ1) is 13.9. The van der Waals surface area contributed by atoms with Gasteiger partial charge in [-0.15, -0.1) is 0 Å². The van der Waals surface area contributed by atoms with Crippen LogP contribution >= 0.6 is 15.9 Å². The average molecular weight is 325 g/mol. The van der Waals surface area contributed by atoms with E-state index in [4.69, 9.17) is 9.47 Å². The topological polar surface area (TPSA) is 18.5 Å². The number of hydrogen-bond donors (Lipinski definition) is 0. The molecule has 2 nitrogen and oxygen atoms in total. The third-order valence-corrected chi connectivity index (χ3v) is 3.10. The van der Waals surface area contributed by atoms with Crippen molar-refractivity contribution in [2.45, 2.75) is 6.92 Å². The molecule has 0 N–H and O–H groups in total. The molecule has 2 aromatic rings. The van der Waals surface area contributed by atoms with Gasteiger partial charge in [0.15, 0.2) is 0 Å². The van der Waals surface area contributed by atoms with Gasteiger partial charge >= 0.3 is 0 Å². The number of aryl methyl sites for hydroxylation is 1. The van der Waals surface area contributed by atoms with Gasteiger partial charge in [0.1, 0.15) is 30.5 Å². The Labute approximate surface area is 120 Å². The summed E-state index contributed by atoms with van der Waals surface area (Å²) >= 11 is 3.36. The summed E-state index contributed by atoms with van der Waals surface area (Å²) in [4.78, 5) is 0. The standard InChI is InChI=1S/C15H14BrFO2/c1-11-2-5-13(17)10-15(11)19-9-8-18-14-6-3-12(16)4-7-14/h2-7,10H,8-9H2,1H3. The molecule has 4 heteroatoms. The summed E-state index contributed by atoms with van der Waals surface area (Å²) in [6.07, 6.45) is 0. The predicted molar refractivity (Wildman–Crippen MR) is 76.3 cm³/mol. The molecule has 0 aromatic heterocycles. The van der Waals surface area contributed by atoms with Gasteiger partial charge in [-0.2, -0.15) is 0 Å². The van der Waals surface area contributed by atoms with Gasteiger partial charge in [-0.25, -0.2) is 4.39 Å². The van der Waals surface area contributed by atoms with E-state index in [1.807, 2.05) is 31.2 Å². The highest BCUT2D eigenvalue weighted by Crippen LogP contribution is 2.19. The second-order valence-corrected chi connectivity index (χ2v) is 4.98. The Morgan fingerprint density at radius 2 is 1.68 bits per heavy atom. The van der Waals surface area contributed by atoms with Gasteiger partial charge in [0, 0.05) is 10.5 Å². The Morgan fingerprint density at radius 1 is 1.00 bits per heavy atom. The van der Waals surface area contributed by atoms with Crippen LogP contribution in [0.4, 0.5) is 4.39 Å². The molecule has 0 aliphatic carbocycles. The lowest BCUT2D eigenvalue weighted by atomic mass is 10.2. The largest absolute Gasteiger partial charge is 0.490 e.